The SMILES string of the molecule is Cc1nnsc1-c1nnc(CN)o1. The largest absolute Gasteiger partial charge is 0.418 e. The van der Waals surface area contributed by atoms with Crippen molar-refractivity contribution >= 4 is 11.5 Å². The van der Waals surface area contributed by atoms with E-state index < -0.39 is 0 Å². The molecule has 0 bridgehead atoms. The van der Waals surface area contributed by atoms with E-state index in [1.54, 1.807) is 0 Å². The summed E-state index contributed by atoms with van der Waals surface area (Å²) in [6.07, 6.45) is 0. The van der Waals surface area contributed by atoms with Crippen molar-refractivity contribution in [3.63, 3.8) is 0 Å². The number of hydrogen-bond donors (Lipinski definition) is 1. The second-order valence-corrected chi connectivity index (χ2v) is 3.15. The van der Waals surface area contributed by atoms with Crippen LogP contribution in [-0.4, -0.2) is 19.8 Å². The molecule has 2 N–H and O–H groups in total. The molecule has 0 aliphatic carbocycles. The van der Waals surface area contributed by atoms with Crippen LogP contribution in [0.2, 0.25) is 0 Å². The highest BCUT2D eigenvalue weighted by Crippen LogP contribution is 2.23. The number of nitrogens with two attached hydrogens (primary N) is 1. The van der Waals surface area contributed by atoms with Crippen molar-refractivity contribution in [3.05, 3.63) is 11.6 Å². The Morgan fingerprint density at radius 3 is 2.77 bits per heavy atom. The zero-order valence-corrected chi connectivity index (χ0v) is 7.71. The van der Waals surface area contributed by atoms with Gasteiger partial charge >= 0.3 is 0 Å². The summed E-state index contributed by atoms with van der Waals surface area (Å²) in [5, 5.41) is 11.4. The van der Waals surface area contributed by atoms with Gasteiger partial charge in [-0.3, -0.25) is 0 Å². The summed E-state index contributed by atoms with van der Waals surface area (Å²) >= 11 is 1.23. The van der Waals surface area contributed by atoms with Crippen LogP contribution in [0.1, 0.15) is 11.6 Å². The Hall–Kier alpha value is -1.34. The minimum Gasteiger partial charge on any atom is -0.418 e. The number of rotatable bonds is 2. The lowest BCUT2D eigenvalue weighted by molar-refractivity contribution is 0.509. The average molecular weight is 197 g/mol. The van der Waals surface area contributed by atoms with E-state index in [2.05, 4.69) is 19.8 Å². The number of hydrogen-bond acceptors (Lipinski definition) is 7. The van der Waals surface area contributed by atoms with Gasteiger partial charge < -0.3 is 10.2 Å². The van der Waals surface area contributed by atoms with Crippen LogP contribution in [0.4, 0.5) is 0 Å². The molecule has 0 saturated carbocycles. The van der Waals surface area contributed by atoms with E-state index in [1.165, 1.54) is 11.5 Å². The summed E-state index contributed by atoms with van der Waals surface area (Å²) in [7, 11) is 0. The maximum Gasteiger partial charge on any atom is 0.261 e. The minimum absolute atomic E-state index is 0.248. The fourth-order valence-corrected chi connectivity index (χ4v) is 1.43. The quantitative estimate of drug-likeness (QED) is 0.747. The molecule has 2 aromatic rings. The normalized spacial score (nSPS) is 10.6. The lowest BCUT2D eigenvalue weighted by Gasteiger charge is -1.86. The number of nitrogens with zero attached hydrogens (tertiary/aromatic N) is 4. The van der Waals surface area contributed by atoms with Gasteiger partial charge in [-0.2, -0.15) is 0 Å². The van der Waals surface area contributed by atoms with Crippen molar-refractivity contribution in [2.75, 3.05) is 0 Å². The molecule has 6 nitrogen and oxygen atoms in total. The Bertz CT molecular complexity index is 409. The molecule has 0 saturated heterocycles. The van der Waals surface area contributed by atoms with Crippen LogP contribution in [0.25, 0.3) is 10.8 Å². The molecule has 2 rings (SSSR count). The van der Waals surface area contributed by atoms with Crippen LogP contribution in [-0.2, 0) is 6.54 Å². The molecule has 7 heteroatoms. The van der Waals surface area contributed by atoms with Gasteiger partial charge in [-0.15, -0.1) is 15.3 Å². The number of aromatic nitrogens is 4. The van der Waals surface area contributed by atoms with E-state index in [0.717, 1.165) is 10.6 Å². The molecule has 0 fully saturated rings. The first-order valence-electron chi connectivity index (χ1n) is 3.63. The van der Waals surface area contributed by atoms with Crippen molar-refractivity contribution in [2.45, 2.75) is 13.5 Å². The average Bonchev–Trinajstić information content (AvgIpc) is 2.71. The summed E-state index contributed by atoms with van der Waals surface area (Å²) < 4.78 is 9.01. The monoisotopic (exact) mass is 197 g/mol. The zero-order valence-electron chi connectivity index (χ0n) is 6.89. The van der Waals surface area contributed by atoms with Crippen LogP contribution >= 0.6 is 11.5 Å². The second-order valence-electron chi connectivity index (χ2n) is 2.39. The standard InChI is InChI=1S/C6H7N5OS/c1-3-5(13-11-8-3)6-10-9-4(2-7)12-6/h2,7H2,1H3. The Labute approximate surface area is 77.9 Å². The second kappa shape index (κ2) is 3.19. The molecule has 0 aliphatic heterocycles. The molecular formula is C6H7N5OS. The minimum atomic E-state index is 0.248. The zero-order chi connectivity index (χ0) is 9.26. The first kappa shape index (κ1) is 8.27. The van der Waals surface area contributed by atoms with Gasteiger partial charge in [0.2, 0.25) is 5.89 Å². The molecule has 0 unspecified atom stereocenters. The maximum atomic E-state index is 5.33. The molecule has 2 heterocycles. The Morgan fingerprint density at radius 2 is 2.23 bits per heavy atom. The third kappa shape index (κ3) is 1.43. The Morgan fingerprint density at radius 1 is 1.38 bits per heavy atom. The lowest BCUT2D eigenvalue weighted by Crippen LogP contribution is -1.95. The highest BCUT2D eigenvalue weighted by molar-refractivity contribution is 7.09. The van der Waals surface area contributed by atoms with Crippen LogP contribution in [0, 0.1) is 6.92 Å². The van der Waals surface area contributed by atoms with Crippen molar-refractivity contribution in [1.82, 2.24) is 19.8 Å². The molecule has 0 aromatic carbocycles. The van der Waals surface area contributed by atoms with Crippen LogP contribution in [0.5, 0.6) is 0 Å². The van der Waals surface area contributed by atoms with Crippen molar-refractivity contribution in [2.24, 2.45) is 5.73 Å². The highest BCUT2D eigenvalue weighted by Gasteiger charge is 2.13. The smallest absolute Gasteiger partial charge is 0.261 e. The Kier molecular flexibility index (Phi) is 2.03. The first-order valence-corrected chi connectivity index (χ1v) is 4.40. The van der Waals surface area contributed by atoms with Gasteiger partial charge in [0.05, 0.1) is 12.2 Å². The summed E-state index contributed by atoms with van der Waals surface area (Å²) in [6.45, 7) is 2.09. The molecule has 0 atom stereocenters. The fourth-order valence-electron chi connectivity index (χ4n) is 0.856. The Balaban J connectivity index is 2.41. The molecule has 0 radical (unpaired) electrons. The van der Waals surface area contributed by atoms with E-state index in [4.69, 9.17) is 10.2 Å². The molecule has 0 aliphatic rings. The maximum absolute atomic E-state index is 5.33. The van der Waals surface area contributed by atoms with Gasteiger partial charge in [-0.25, -0.2) is 0 Å². The third-order valence-electron chi connectivity index (χ3n) is 1.49. The van der Waals surface area contributed by atoms with Gasteiger partial charge in [-0.1, -0.05) is 4.49 Å². The van der Waals surface area contributed by atoms with Crippen molar-refractivity contribution < 1.29 is 4.42 Å². The topological polar surface area (TPSA) is 90.7 Å². The van der Waals surface area contributed by atoms with Crippen LogP contribution in [0.3, 0.4) is 0 Å². The van der Waals surface area contributed by atoms with E-state index in [0.29, 0.717) is 11.8 Å². The van der Waals surface area contributed by atoms with E-state index in [-0.39, 0.29) is 6.54 Å². The molecular weight excluding hydrogens is 190 g/mol. The van der Waals surface area contributed by atoms with Gasteiger partial charge in [0.15, 0.2) is 0 Å². The summed E-state index contributed by atoms with van der Waals surface area (Å²) in [5.74, 6) is 0.857. The number of aryl methyl sites for hydroxylation is 1. The molecule has 13 heavy (non-hydrogen) atoms. The molecule has 0 amide bonds. The fraction of sp³-hybridized carbons (Fsp3) is 0.333. The predicted molar refractivity (Wildman–Crippen MR) is 45.8 cm³/mol. The van der Waals surface area contributed by atoms with Gasteiger partial charge in [0.1, 0.15) is 4.88 Å². The summed E-state index contributed by atoms with van der Waals surface area (Å²) in [6, 6.07) is 0. The lowest BCUT2D eigenvalue weighted by atomic mass is 10.4. The third-order valence-corrected chi connectivity index (χ3v) is 2.30. The molecule has 2 aromatic heterocycles. The molecule has 0 spiro atoms. The summed E-state index contributed by atoms with van der Waals surface area (Å²) in [4.78, 5) is 0.798. The van der Waals surface area contributed by atoms with Crippen molar-refractivity contribution in [3.8, 4) is 10.8 Å². The van der Waals surface area contributed by atoms with Crippen molar-refractivity contribution in [1.29, 1.82) is 0 Å². The van der Waals surface area contributed by atoms with Crippen LogP contribution in [0.15, 0.2) is 4.42 Å². The van der Waals surface area contributed by atoms with Gasteiger partial charge in [-0.05, 0) is 18.5 Å². The molecule has 68 valence electrons. The van der Waals surface area contributed by atoms with Crippen LogP contribution < -0.4 is 5.73 Å². The van der Waals surface area contributed by atoms with Gasteiger partial charge in [0, 0.05) is 0 Å². The van der Waals surface area contributed by atoms with E-state index in [9.17, 15) is 0 Å². The highest BCUT2D eigenvalue weighted by atomic mass is 32.1. The first-order chi connectivity index (χ1) is 6.31. The summed E-state index contributed by atoms with van der Waals surface area (Å²) in [5.41, 5.74) is 6.12. The predicted octanol–water partition coefficient (Wildman–Crippen LogP) is 0.355. The van der Waals surface area contributed by atoms with E-state index >= 15 is 0 Å². The van der Waals surface area contributed by atoms with E-state index in [1.807, 2.05) is 6.92 Å². The van der Waals surface area contributed by atoms with Gasteiger partial charge in [0.25, 0.3) is 5.89 Å².